The quantitative estimate of drug-likeness (QED) is 0.643. The average molecular weight is 180 g/mol. The lowest BCUT2D eigenvalue weighted by Gasteiger charge is -2.10. The molecule has 0 aromatic carbocycles. The van der Waals surface area contributed by atoms with E-state index in [1.165, 1.54) is 0 Å². The minimum Gasteiger partial charge on any atom is -0.340 e. The molecule has 1 aromatic rings. The summed E-state index contributed by atoms with van der Waals surface area (Å²) in [5.74, 6) is 1.30. The molecule has 0 unspecified atom stereocenters. The van der Waals surface area contributed by atoms with E-state index in [4.69, 9.17) is 4.52 Å². The van der Waals surface area contributed by atoms with Crippen molar-refractivity contribution < 1.29 is 4.52 Å². The minimum absolute atomic E-state index is 0.0395. The lowest BCUT2D eigenvalue weighted by molar-refractivity contribution is 0.321. The Bertz CT molecular complexity index is 275. The Morgan fingerprint density at radius 1 is 1.31 bits per heavy atom. The van der Waals surface area contributed by atoms with Gasteiger partial charge in [-0.05, 0) is 0 Å². The summed E-state index contributed by atoms with van der Waals surface area (Å²) in [6, 6.07) is 0. The number of hydrogen-bond donors (Lipinski definition) is 0. The topological polar surface area (TPSA) is 38.9 Å². The van der Waals surface area contributed by atoms with Crippen LogP contribution in [0.15, 0.2) is 4.52 Å². The largest absolute Gasteiger partial charge is 0.340 e. The second-order valence-electron chi connectivity index (χ2n) is 4.86. The third-order valence-corrected chi connectivity index (χ3v) is 1.70. The summed E-state index contributed by atoms with van der Waals surface area (Å²) in [4.78, 5) is 4.34. The van der Waals surface area contributed by atoms with E-state index in [1.807, 2.05) is 0 Å². The van der Waals surface area contributed by atoms with Crippen LogP contribution < -0.4 is 5.72 Å². The molecule has 0 radical (unpaired) electrons. The van der Waals surface area contributed by atoms with Crippen LogP contribution >= 0.6 is 0 Å². The van der Waals surface area contributed by atoms with Crippen molar-refractivity contribution in [3.63, 3.8) is 0 Å². The van der Waals surface area contributed by atoms with E-state index in [0.717, 1.165) is 18.9 Å². The summed E-state index contributed by atoms with van der Waals surface area (Å²) in [6.45, 7) is 10.5. The van der Waals surface area contributed by atoms with Crippen LogP contribution in [0.3, 0.4) is 0 Å². The second-order valence-corrected chi connectivity index (χ2v) is 4.86. The Morgan fingerprint density at radius 3 is 2.31 bits per heavy atom. The molecular formula is C9H17BN2O. The molecule has 1 rings (SSSR count). The van der Waals surface area contributed by atoms with E-state index < -0.39 is 0 Å². The van der Waals surface area contributed by atoms with E-state index >= 15 is 0 Å². The summed E-state index contributed by atoms with van der Waals surface area (Å²) in [5.41, 5.74) is 0.780. The maximum Gasteiger partial charge on any atom is 0.231 e. The zero-order valence-electron chi connectivity index (χ0n) is 9.09. The molecule has 0 fully saturated rings. The minimum atomic E-state index is -0.0395. The Morgan fingerprint density at radius 2 is 1.92 bits per heavy atom. The van der Waals surface area contributed by atoms with Crippen LogP contribution in [-0.2, 0) is 5.41 Å². The van der Waals surface area contributed by atoms with Gasteiger partial charge in [0.1, 0.15) is 5.72 Å². The first-order chi connectivity index (χ1) is 5.89. The normalized spacial score (nSPS) is 12.2. The molecule has 0 aliphatic carbocycles. The van der Waals surface area contributed by atoms with Gasteiger partial charge in [0.05, 0.1) is 0 Å². The lowest BCUT2D eigenvalue weighted by atomic mass is 9.66. The first kappa shape index (κ1) is 10.3. The van der Waals surface area contributed by atoms with Crippen LogP contribution in [0.5, 0.6) is 0 Å². The SMILES string of the molecule is CC(C)Bc1noc(C(C)(C)C)n1. The number of aromatic nitrogens is 2. The molecule has 0 aliphatic heterocycles. The summed E-state index contributed by atoms with van der Waals surface area (Å²) in [7, 11) is 0.888. The monoisotopic (exact) mass is 180 g/mol. The van der Waals surface area contributed by atoms with E-state index in [0.29, 0.717) is 5.82 Å². The third-order valence-electron chi connectivity index (χ3n) is 1.70. The lowest BCUT2D eigenvalue weighted by Crippen LogP contribution is -2.22. The molecule has 0 saturated carbocycles. The molecule has 0 spiro atoms. The predicted octanol–water partition coefficient (Wildman–Crippen LogP) is 1.26. The van der Waals surface area contributed by atoms with Crippen molar-refractivity contribution in [2.75, 3.05) is 0 Å². The van der Waals surface area contributed by atoms with Gasteiger partial charge in [-0.3, -0.25) is 0 Å². The van der Waals surface area contributed by atoms with Crippen LogP contribution in [0, 0.1) is 0 Å². The highest BCUT2D eigenvalue weighted by Crippen LogP contribution is 2.17. The molecule has 13 heavy (non-hydrogen) atoms. The van der Waals surface area contributed by atoms with E-state index in [9.17, 15) is 0 Å². The molecule has 0 N–H and O–H groups in total. The van der Waals surface area contributed by atoms with Crippen LogP contribution in [0.2, 0.25) is 5.82 Å². The van der Waals surface area contributed by atoms with Gasteiger partial charge >= 0.3 is 0 Å². The van der Waals surface area contributed by atoms with Crippen molar-refractivity contribution in [3.8, 4) is 0 Å². The predicted molar refractivity (Wildman–Crippen MR) is 54.9 cm³/mol. The molecule has 0 amide bonds. The summed E-state index contributed by atoms with van der Waals surface area (Å²) in [5, 5.41) is 3.94. The molecular weight excluding hydrogens is 163 g/mol. The first-order valence-electron chi connectivity index (χ1n) is 4.72. The molecule has 0 atom stereocenters. The second kappa shape index (κ2) is 3.52. The van der Waals surface area contributed by atoms with Crippen LogP contribution in [0.1, 0.15) is 40.5 Å². The van der Waals surface area contributed by atoms with Gasteiger partial charge in [-0.25, -0.2) is 4.98 Å². The highest BCUT2D eigenvalue weighted by Gasteiger charge is 2.21. The van der Waals surface area contributed by atoms with Crippen LogP contribution in [0.4, 0.5) is 0 Å². The van der Waals surface area contributed by atoms with Gasteiger partial charge in [0, 0.05) is 5.41 Å². The maximum absolute atomic E-state index is 5.17. The Hall–Kier alpha value is -0.795. The first-order valence-corrected chi connectivity index (χ1v) is 4.72. The Labute approximate surface area is 80.2 Å². The Kier molecular flexibility index (Phi) is 2.79. The zero-order chi connectivity index (χ0) is 10.1. The molecule has 1 heterocycles. The molecule has 0 bridgehead atoms. The Balaban J connectivity index is 2.75. The maximum atomic E-state index is 5.17. The molecule has 4 heteroatoms. The van der Waals surface area contributed by atoms with Gasteiger partial charge in [-0.1, -0.05) is 45.6 Å². The van der Waals surface area contributed by atoms with Gasteiger partial charge in [0.25, 0.3) is 0 Å². The molecule has 1 aromatic heterocycles. The van der Waals surface area contributed by atoms with Crippen molar-refractivity contribution in [2.24, 2.45) is 0 Å². The highest BCUT2D eigenvalue weighted by molar-refractivity contribution is 6.52. The van der Waals surface area contributed by atoms with Crippen molar-refractivity contribution in [3.05, 3.63) is 5.89 Å². The van der Waals surface area contributed by atoms with Gasteiger partial charge < -0.3 is 4.52 Å². The summed E-state index contributed by atoms with van der Waals surface area (Å²) < 4.78 is 5.17. The highest BCUT2D eigenvalue weighted by atomic mass is 16.5. The van der Waals surface area contributed by atoms with Crippen molar-refractivity contribution in [1.82, 2.24) is 10.1 Å². The van der Waals surface area contributed by atoms with Crippen molar-refractivity contribution in [1.29, 1.82) is 0 Å². The van der Waals surface area contributed by atoms with Crippen LogP contribution in [-0.4, -0.2) is 17.4 Å². The van der Waals surface area contributed by atoms with Gasteiger partial charge in [0.2, 0.25) is 13.2 Å². The van der Waals surface area contributed by atoms with E-state index in [-0.39, 0.29) is 5.41 Å². The van der Waals surface area contributed by atoms with Crippen LogP contribution in [0.25, 0.3) is 0 Å². The molecule has 3 nitrogen and oxygen atoms in total. The number of rotatable bonds is 2. The van der Waals surface area contributed by atoms with Gasteiger partial charge in [-0.2, -0.15) is 0 Å². The average Bonchev–Trinajstić information content (AvgIpc) is 2.32. The third kappa shape index (κ3) is 2.86. The van der Waals surface area contributed by atoms with Gasteiger partial charge in [0.15, 0.2) is 0 Å². The fraction of sp³-hybridized carbons (Fsp3) is 0.778. The number of hydrogen-bond acceptors (Lipinski definition) is 3. The standard InChI is InChI=1S/C9H17BN2O/c1-6(2)10-8-11-7(13-12-8)9(3,4)5/h6,10H,1-5H3. The molecule has 0 aliphatic rings. The van der Waals surface area contributed by atoms with Crippen molar-refractivity contribution >= 4 is 13.0 Å². The van der Waals surface area contributed by atoms with E-state index in [1.54, 1.807) is 0 Å². The van der Waals surface area contributed by atoms with Crippen molar-refractivity contribution in [2.45, 2.75) is 45.9 Å². The van der Waals surface area contributed by atoms with E-state index in [2.05, 4.69) is 44.8 Å². The summed E-state index contributed by atoms with van der Waals surface area (Å²) in [6.07, 6.45) is 0. The fourth-order valence-corrected chi connectivity index (χ4v) is 1.01. The number of nitrogens with zero attached hydrogens (tertiary/aromatic N) is 2. The zero-order valence-corrected chi connectivity index (χ0v) is 9.09. The molecule has 72 valence electrons. The summed E-state index contributed by atoms with van der Waals surface area (Å²) >= 11 is 0. The fourth-order valence-electron chi connectivity index (χ4n) is 1.01. The molecule has 0 saturated heterocycles. The smallest absolute Gasteiger partial charge is 0.231 e. The van der Waals surface area contributed by atoms with Gasteiger partial charge in [-0.15, -0.1) is 0 Å².